The molecule has 11 heteroatoms. The van der Waals surface area contributed by atoms with Gasteiger partial charge >= 0.3 is 6.09 Å². The van der Waals surface area contributed by atoms with Crippen LogP contribution >= 0.6 is 0 Å². The highest BCUT2D eigenvalue weighted by Gasteiger charge is 2.29. The zero-order valence-corrected chi connectivity index (χ0v) is 19.4. The molecule has 0 saturated carbocycles. The summed E-state index contributed by atoms with van der Waals surface area (Å²) in [6, 6.07) is 3.29. The Kier molecular flexibility index (Phi) is 6.27. The standard InChI is InChI=1S/C24H26FN5O5/c1-12-15(9-29-23-22(12)27-4-6-34-23)14-7-13-8-19(28-10-16(13)21(26)20(14)25)30-24(31)35-17-3-5-33-11-18(17)32-2/h7-10,17-18,27H,3-6,11,26H2,1-2H3,(H,28,30,31)/t17-,18+/m1/s1. The van der Waals surface area contributed by atoms with Crippen LogP contribution in [-0.2, 0) is 14.2 Å². The second-order valence-electron chi connectivity index (χ2n) is 8.40. The number of hydrogen-bond acceptors (Lipinski definition) is 9. The molecule has 2 aromatic heterocycles. The number of aromatic nitrogens is 2. The van der Waals surface area contributed by atoms with Gasteiger partial charge in [0.25, 0.3) is 0 Å². The molecule has 1 saturated heterocycles. The van der Waals surface area contributed by atoms with Gasteiger partial charge in [0.1, 0.15) is 30.3 Å². The molecule has 184 valence electrons. The van der Waals surface area contributed by atoms with Gasteiger partial charge in [-0.1, -0.05) is 0 Å². The van der Waals surface area contributed by atoms with Crippen molar-refractivity contribution in [2.45, 2.75) is 25.6 Å². The molecule has 2 atom stereocenters. The highest BCUT2D eigenvalue weighted by atomic mass is 19.1. The molecule has 1 amide bonds. The van der Waals surface area contributed by atoms with E-state index in [1.54, 1.807) is 25.4 Å². The molecular formula is C24H26FN5O5. The van der Waals surface area contributed by atoms with Crippen LogP contribution in [0.4, 0.5) is 26.4 Å². The summed E-state index contributed by atoms with van der Waals surface area (Å²) in [7, 11) is 1.54. The van der Waals surface area contributed by atoms with Gasteiger partial charge < -0.3 is 30.0 Å². The molecule has 5 rings (SSSR count). The van der Waals surface area contributed by atoms with Crippen LogP contribution in [0.5, 0.6) is 5.88 Å². The summed E-state index contributed by atoms with van der Waals surface area (Å²) in [6.45, 7) is 3.86. The number of benzene rings is 1. The van der Waals surface area contributed by atoms with E-state index in [2.05, 4.69) is 20.6 Å². The van der Waals surface area contributed by atoms with Gasteiger partial charge in [-0.2, -0.15) is 0 Å². The van der Waals surface area contributed by atoms with Crippen molar-refractivity contribution < 1.29 is 28.1 Å². The van der Waals surface area contributed by atoms with Gasteiger partial charge in [0, 0.05) is 49.0 Å². The van der Waals surface area contributed by atoms with Crippen LogP contribution in [-0.4, -0.2) is 61.7 Å². The normalized spacial score (nSPS) is 19.4. The number of anilines is 3. The number of pyridine rings is 2. The van der Waals surface area contributed by atoms with E-state index < -0.39 is 18.0 Å². The fourth-order valence-corrected chi connectivity index (χ4v) is 4.37. The predicted molar refractivity (Wildman–Crippen MR) is 128 cm³/mol. The highest BCUT2D eigenvalue weighted by molar-refractivity contribution is 5.99. The van der Waals surface area contributed by atoms with Crippen molar-refractivity contribution in [3.8, 4) is 17.0 Å². The summed E-state index contributed by atoms with van der Waals surface area (Å²) in [5.41, 5.74) is 8.51. The number of nitrogens with zero attached hydrogens (tertiary/aromatic N) is 2. The Bertz CT molecular complexity index is 1290. The van der Waals surface area contributed by atoms with Gasteiger partial charge in [0.15, 0.2) is 5.82 Å². The second kappa shape index (κ2) is 9.51. The van der Waals surface area contributed by atoms with Crippen LogP contribution < -0.4 is 21.1 Å². The van der Waals surface area contributed by atoms with Crippen LogP contribution in [0.25, 0.3) is 21.9 Å². The lowest BCUT2D eigenvalue weighted by Gasteiger charge is -2.29. The van der Waals surface area contributed by atoms with Gasteiger partial charge in [-0.15, -0.1) is 0 Å². The monoisotopic (exact) mass is 483 g/mol. The summed E-state index contributed by atoms with van der Waals surface area (Å²) >= 11 is 0. The largest absolute Gasteiger partial charge is 0.474 e. The number of nitrogen functional groups attached to an aromatic ring is 1. The van der Waals surface area contributed by atoms with Gasteiger partial charge in [-0.05, 0) is 30.0 Å². The minimum atomic E-state index is -0.665. The maximum absolute atomic E-state index is 15.3. The van der Waals surface area contributed by atoms with Crippen molar-refractivity contribution in [1.82, 2.24) is 9.97 Å². The Labute approximate surface area is 200 Å². The summed E-state index contributed by atoms with van der Waals surface area (Å²) in [6.07, 6.45) is 2.10. The predicted octanol–water partition coefficient (Wildman–Crippen LogP) is 3.48. The average molecular weight is 484 g/mol. The molecule has 4 N–H and O–H groups in total. The van der Waals surface area contributed by atoms with E-state index in [0.717, 1.165) is 11.3 Å². The fraction of sp³-hybridized carbons (Fsp3) is 0.375. The highest BCUT2D eigenvalue weighted by Crippen LogP contribution is 2.39. The number of halogens is 1. The topological polar surface area (TPSA) is 130 Å². The number of rotatable bonds is 4. The Morgan fingerprint density at radius 3 is 2.91 bits per heavy atom. The number of nitrogens with two attached hydrogens (primary N) is 1. The van der Waals surface area contributed by atoms with E-state index >= 15 is 4.39 Å². The van der Waals surface area contributed by atoms with E-state index in [9.17, 15) is 4.79 Å². The zero-order chi connectivity index (χ0) is 24.5. The molecule has 35 heavy (non-hydrogen) atoms. The second-order valence-corrected chi connectivity index (χ2v) is 8.40. The van der Waals surface area contributed by atoms with Crippen molar-refractivity contribution in [2.24, 2.45) is 0 Å². The van der Waals surface area contributed by atoms with Crippen molar-refractivity contribution in [1.29, 1.82) is 0 Å². The SMILES string of the molecule is CO[C@H]1COCC[C@H]1OC(=O)Nc1cc2cc(-c3cnc4c(c3C)NCCO4)c(F)c(N)c2cn1. The van der Waals surface area contributed by atoms with Gasteiger partial charge in [-0.3, -0.25) is 5.32 Å². The van der Waals surface area contributed by atoms with E-state index in [4.69, 9.17) is 24.7 Å². The summed E-state index contributed by atoms with van der Waals surface area (Å²) in [5, 5.41) is 6.92. The Balaban J connectivity index is 1.44. The molecule has 4 heterocycles. The molecule has 1 aromatic carbocycles. The molecule has 0 unspecified atom stereocenters. The van der Waals surface area contributed by atoms with Crippen LogP contribution in [0.3, 0.4) is 0 Å². The Morgan fingerprint density at radius 1 is 1.23 bits per heavy atom. The number of amides is 1. The molecule has 0 bridgehead atoms. The molecule has 0 radical (unpaired) electrons. The van der Waals surface area contributed by atoms with Crippen molar-refractivity contribution in [3.05, 3.63) is 35.9 Å². The lowest BCUT2D eigenvalue weighted by Crippen LogP contribution is -2.42. The number of methoxy groups -OCH3 is 1. The number of hydrogen-bond donors (Lipinski definition) is 3. The van der Waals surface area contributed by atoms with Gasteiger partial charge in [0.05, 0.1) is 18.9 Å². The first-order valence-corrected chi connectivity index (χ1v) is 11.3. The minimum Gasteiger partial charge on any atom is -0.474 e. The number of carbonyl (C=O) groups excluding carboxylic acids is 1. The summed E-state index contributed by atoms with van der Waals surface area (Å²) < 4.78 is 37.1. The fourth-order valence-electron chi connectivity index (χ4n) is 4.37. The van der Waals surface area contributed by atoms with Crippen LogP contribution in [0, 0.1) is 12.7 Å². The first-order chi connectivity index (χ1) is 17.0. The van der Waals surface area contributed by atoms with Crippen molar-refractivity contribution >= 4 is 34.1 Å². The number of fused-ring (bicyclic) bond motifs is 2. The first-order valence-electron chi connectivity index (χ1n) is 11.3. The van der Waals surface area contributed by atoms with Crippen LogP contribution in [0.2, 0.25) is 0 Å². The molecule has 10 nitrogen and oxygen atoms in total. The third-order valence-electron chi connectivity index (χ3n) is 6.27. The molecule has 2 aliphatic rings. The molecule has 0 aliphatic carbocycles. The lowest BCUT2D eigenvalue weighted by atomic mass is 9.97. The van der Waals surface area contributed by atoms with Crippen molar-refractivity contribution in [3.63, 3.8) is 0 Å². The quantitative estimate of drug-likeness (QED) is 0.478. The molecular weight excluding hydrogens is 457 g/mol. The number of carbonyl (C=O) groups is 1. The maximum atomic E-state index is 15.3. The van der Waals surface area contributed by atoms with E-state index in [1.165, 1.54) is 6.20 Å². The third-order valence-corrected chi connectivity index (χ3v) is 6.27. The molecule has 1 fully saturated rings. The van der Waals surface area contributed by atoms with Gasteiger partial charge in [-0.25, -0.2) is 19.2 Å². The average Bonchev–Trinajstić information content (AvgIpc) is 2.87. The molecule has 0 spiro atoms. The van der Waals surface area contributed by atoms with E-state index in [-0.39, 0.29) is 17.6 Å². The van der Waals surface area contributed by atoms with E-state index in [1.807, 2.05) is 6.92 Å². The lowest BCUT2D eigenvalue weighted by molar-refractivity contribution is -0.103. The van der Waals surface area contributed by atoms with Gasteiger partial charge in [0.2, 0.25) is 5.88 Å². The van der Waals surface area contributed by atoms with Crippen LogP contribution in [0.15, 0.2) is 24.5 Å². The molecule has 2 aliphatic heterocycles. The third kappa shape index (κ3) is 4.40. The van der Waals surface area contributed by atoms with Crippen LogP contribution in [0.1, 0.15) is 12.0 Å². The van der Waals surface area contributed by atoms with Crippen molar-refractivity contribution in [2.75, 3.05) is 49.8 Å². The summed E-state index contributed by atoms with van der Waals surface area (Å²) in [5.74, 6) is 0.170. The smallest absolute Gasteiger partial charge is 0.413 e. The summed E-state index contributed by atoms with van der Waals surface area (Å²) in [4.78, 5) is 21.0. The zero-order valence-electron chi connectivity index (χ0n) is 19.4. The Hall–Kier alpha value is -3.70. The first kappa shape index (κ1) is 23.1. The maximum Gasteiger partial charge on any atom is 0.413 e. The number of ether oxygens (including phenoxy) is 4. The van der Waals surface area contributed by atoms with E-state index in [0.29, 0.717) is 60.6 Å². The minimum absolute atomic E-state index is 0.0365. The Morgan fingerprint density at radius 2 is 2.09 bits per heavy atom. The number of nitrogens with one attached hydrogen (secondary N) is 2. The molecule has 3 aromatic rings.